The van der Waals surface area contributed by atoms with Gasteiger partial charge in [0.25, 0.3) is 0 Å². The zero-order valence-electron chi connectivity index (χ0n) is 12.3. The number of alkyl halides is 1. The van der Waals surface area contributed by atoms with E-state index in [1.165, 1.54) is 17.7 Å². The number of nitrogens with one attached hydrogen (secondary N) is 1. The van der Waals surface area contributed by atoms with Crippen LogP contribution in [-0.4, -0.2) is 27.0 Å². The Morgan fingerprint density at radius 1 is 1.43 bits per heavy atom. The van der Waals surface area contributed by atoms with Crippen LogP contribution in [0, 0.1) is 12.8 Å². The highest BCUT2D eigenvalue weighted by atomic mass is 32.1. The lowest BCUT2D eigenvalue weighted by atomic mass is 10.1. The summed E-state index contributed by atoms with van der Waals surface area (Å²) in [7, 11) is 0. The van der Waals surface area contributed by atoms with E-state index < -0.39 is 12.1 Å². The minimum atomic E-state index is -1.00. The number of benzene rings is 1. The number of halogens is 1. The number of rotatable bonds is 3. The fourth-order valence-electron chi connectivity index (χ4n) is 2.45. The van der Waals surface area contributed by atoms with Gasteiger partial charge in [-0.2, -0.15) is 0 Å². The van der Waals surface area contributed by atoms with Gasteiger partial charge >= 0.3 is 0 Å². The molecule has 3 aromatic rings. The smallest absolute Gasteiger partial charge is 0.232 e. The molecule has 1 saturated carbocycles. The third kappa shape index (κ3) is 2.68. The zero-order chi connectivity index (χ0) is 16.0. The lowest BCUT2D eigenvalue weighted by Crippen LogP contribution is -2.14. The van der Waals surface area contributed by atoms with Crippen LogP contribution in [0.15, 0.2) is 30.7 Å². The molecule has 0 radical (unpaired) electrons. The van der Waals surface area contributed by atoms with Crippen LogP contribution in [0.2, 0.25) is 0 Å². The van der Waals surface area contributed by atoms with E-state index in [-0.39, 0.29) is 5.91 Å². The first-order chi connectivity index (χ1) is 11.1. The van der Waals surface area contributed by atoms with Gasteiger partial charge < -0.3 is 5.32 Å². The molecule has 116 valence electrons. The fraction of sp³-hybridized carbons (Fsp3) is 0.250. The third-order valence-corrected chi connectivity index (χ3v) is 4.82. The molecule has 4 rings (SSSR count). The summed E-state index contributed by atoms with van der Waals surface area (Å²) in [5, 5.41) is 3.20. The van der Waals surface area contributed by atoms with E-state index in [1.807, 2.05) is 25.1 Å². The van der Waals surface area contributed by atoms with Gasteiger partial charge in [-0.05, 0) is 31.0 Å². The number of aromatic nitrogens is 3. The molecule has 7 heteroatoms. The lowest BCUT2D eigenvalue weighted by molar-refractivity contribution is -0.117. The van der Waals surface area contributed by atoms with E-state index in [1.54, 1.807) is 6.20 Å². The number of carbonyl (C=O) groups is 1. The summed E-state index contributed by atoms with van der Waals surface area (Å²) < 4.78 is 13.9. The van der Waals surface area contributed by atoms with Crippen molar-refractivity contribution in [2.75, 3.05) is 5.32 Å². The number of anilines is 1. The van der Waals surface area contributed by atoms with Gasteiger partial charge in [0.05, 0.1) is 16.1 Å². The predicted octanol–water partition coefficient (Wildman–Crippen LogP) is 3.36. The summed E-state index contributed by atoms with van der Waals surface area (Å²) in [5.41, 5.74) is 3.67. The summed E-state index contributed by atoms with van der Waals surface area (Å²) in [6, 6.07) is 5.86. The molecule has 2 atom stereocenters. The molecule has 1 aromatic carbocycles. The Bertz CT molecular complexity index is 910. The van der Waals surface area contributed by atoms with Crippen molar-refractivity contribution in [3.63, 3.8) is 0 Å². The molecule has 23 heavy (non-hydrogen) atoms. The molecule has 1 aliphatic carbocycles. The molecule has 1 N–H and O–H groups in total. The first kappa shape index (κ1) is 14.2. The summed E-state index contributed by atoms with van der Waals surface area (Å²) in [4.78, 5) is 24.4. The van der Waals surface area contributed by atoms with Crippen molar-refractivity contribution in [2.45, 2.75) is 19.5 Å². The third-order valence-electron chi connectivity index (χ3n) is 3.89. The fourth-order valence-corrected chi connectivity index (χ4v) is 3.36. The molecule has 5 nitrogen and oxygen atoms in total. The topological polar surface area (TPSA) is 67.8 Å². The molecule has 2 heterocycles. The van der Waals surface area contributed by atoms with Gasteiger partial charge in [0.2, 0.25) is 5.91 Å². The number of hydrogen-bond donors (Lipinski definition) is 1. The van der Waals surface area contributed by atoms with Gasteiger partial charge in [-0.1, -0.05) is 17.4 Å². The minimum Gasteiger partial charge on any atom is -0.302 e. The summed E-state index contributed by atoms with van der Waals surface area (Å²) in [6.45, 7) is 1.93. The van der Waals surface area contributed by atoms with Crippen LogP contribution in [0.1, 0.15) is 12.1 Å². The van der Waals surface area contributed by atoms with E-state index in [2.05, 4.69) is 20.3 Å². The van der Waals surface area contributed by atoms with Gasteiger partial charge in [0.15, 0.2) is 5.13 Å². The number of fused-ring (bicyclic) bond motifs is 1. The molecule has 0 spiro atoms. The van der Waals surface area contributed by atoms with E-state index in [0.29, 0.717) is 11.6 Å². The maximum atomic E-state index is 12.9. The highest BCUT2D eigenvalue weighted by molar-refractivity contribution is 7.22. The van der Waals surface area contributed by atoms with Gasteiger partial charge in [0, 0.05) is 17.5 Å². The van der Waals surface area contributed by atoms with Crippen molar-refractivity contribution < 1.29 is 9.18 Å². The first-order valence-corrected chi connectivity index (χ1v) is 8.06. The Balaban J connectivity index is 1.64. The number of carbonyl (C=O) groups excluding carboxylic acids is 1. The summed E-state index contributed by atoms with van der Waals surface area (Å²) in [5.74, 6) is -0.800. The standard InChI is InChI=1S/C16H13FN4OS/c1-8-11(6-18-7-19-8)9-2-3-13-14(4-9)23-16(20-13)21-15(22)10-5-12(10)17/h2-4,6-7,10,12H,5H2,1H3,(H,20,21,22)/t10-,12?/m1/s1. The molecular formula is C16H13FN4OS. The molecule has 2 aromatic heterocycles. The zero-order valence-corrected chi connectivity index (χ0v) is 13.1. The quantitative estimate of drug-likeness (QED) is 0.800. The molecule has 0 aliphatic heterocycles. The van der Waals surface area contributed by atoms with Gasteiger partial charge in [0.1, 0.15) is 12.5 Å². The van der Waals surface area contributed by atoms with Crippen LogP contribution in [0.4, 0.5) is 9.52 Å². The van der Waals surface area contributed by atoms with Crippen LogP contribution < -0.4 is 5.32 Å². The second kappa shape index (κ2) is 5.34. The maximum absolute atomic E-state index is 12.9. The Morgan fingerprint density at radius 2 is 2.26 bits per heavy atom. The van der Waals surface area contributed by atoms with Crippen molar-refractivity contribution in [3.05, 3.63) is 36.4 Å². The second-order valence-electron chi connectivity index (χ2n) is 5.57. The molecule has 1 fully saturated rings. The van der Waals surface area contributed by atoms with E-state index in [0.717, 1.165) is 27.0 Å². The molecule has 1 amide bonds. The monoisotopic (exact) mass is 328 g/mol. The van der Waals surface area contributed by atoms with Gasteiger partial charge in [-0.25, -0.2) is 19.3 Å². The molecule has 1 aliphatic rings. The van der Waals surface area contributed by atoms with Crippen molar-refractivity contribution in [3.8, 4) is 11.1 Å². The normalized spacial score (nSPS) is 19.7. The van der Waals surface area contributed by atoms with Gasteiger partial charge in [-0.15, -0.1) is 0 Å². The number of thiazole rings is 1. The van der Waals surface area contributed by atoms with Crippen LogP contribution in [0.5, 0.6) is 0 Å². The Hall–Kier alpha value is -2.41. The predicted molar refractivity (Wildman–Crippen MR) is 87.0 cm³/mol. The average Bonchev–Trinajstić information content (AvgIpc) is 3.13. The van der Waals surface area contributed by atoms with Crippen molar-refractivity contribution in [1.29, 1.82) is 0 Å². The highest BCUT2D eigenvalue weighted by Crippen LogP contribution is 2.36. The van der Waals surface area contributed by atoms with Gasteiger partial charge in [-0.3, -0.25) is 4.79 Å². The molecule has 1 unspecified atom stereocenters. The van der Waals surface area contributed by atoms with Crippen LogP contribution in [0.25, 0.3) is 21.3 Å². The second-order valence-corrected chi connectivity index (χ2v) is 6.60. The number of amides is 1. The lowest BCUT2D eigenvalue weighted by Gasteiger charge is -2.03. The largest absolute Gasteiger partial charge is 0.302 e. The Labute approximate surface area is 135 Å². The molecule has 0 saturated heterocycles. The summed E-state index contributed by atoms with van der Waals surface area (Å²) in [6.07, 6.45) is 2.61. The van der Waals surface area contributed by atoms with Crippen LogP contribution in [0.3, 0.4) is 0 Å². The first-order valence-electron chi connectivity index (χ1n) is 7.24. The number of nitrogens with zero attached hydrogens (tertiary/aromatic N) is 3. The molecule has 0 bridgehead atoms. The highest BCUT2D eigenvalue weighted by Gasteiger charge is 2.43. The van der Waals surface area contributed by atoms with Crippen molar-refractivity contribution >= 4 is 32.6 Å². The summed E-state index contributed by atoms with van der Waals surface area (Å²) >= 11 is 1.38. The Kier molecular flexibility index (Phi) is 3.30. The van der Waals surface area contributed by atoms with Crippen molar-refractivity contribution in [2.24, 2.45) is 5.92 Å². The van der Waals surface area contributed by atoms with Crippen LogP contribution in [-0.2, 0) is 4.79 Å². The van der Waals surface area contributed by atoms with E-state index >= 15 is 0 Å². The SMILES string of the molecule is Cc1ncncc1-c1ccc2nc(NC(=O)[C@@H]3CC3F)sc2c1. The number of aryl methyl sites for hydroxylation is 1. The number of hydrogen-bond acceptors (Lipinski definition) is 5. The minimum absolute atomic E-state index is 0.288. The van der Waals surface area contributed by atoms with Crippen LogP contribution >= 0.6 is 11.3 Å². The van der Waals surface area contributed by atoms with E-state index in [9.17, 15) is 9.18 Å². The maximum Gasteiger partial charge on any atom is 0.232 e. The van der Waals surface area contributed by atoms with Crippen molar-refractivity contribution in [1.82, 2.24) is 15.0 Å². The van der Waals surface area contributed by atoms with E-state index in [4.69, 9.17) is 0 Å². The average molecular weight is 328 g/mol. The molecular weight excluding hydrogens is 315 g/mol. The Morgan fingerprint density at radius 3 is 3.00 bits per heavy atom.